The topological polar surface area (TPSA) is 21.7 Å². The van der Waals surface area contributed by atoms with Crippen LogP contribution in [0.5, 0.6) is 0 Å². The van der Waals surface area contributed by atoms with Crippen LogP contribution < -0.4 is 0 Å². The Bertz CT molecular complexity index is 81.7. The Hall–Kier alpha value is -0.120. The molecule has 1 rings (SSSR count). The summed E-state index contributed by atoms with van der Waals surface area (Å²) in [6.07, 6.45) is 2.45. The normalized spacial score (nSPS) is 21.3. The van der Waals surface area contributed by atoms with Crippen molar-refractivity contribution in [3.05, 3.63) is 0 Å². The second kappa shape index (κ2) is 4.66. The summed E-state index contributed by atoms with van der Waals surface area (Å²) >= 11 is 0. The molecular formula is C7H15NO2. The molecule has 0 N–H and O–H groups in total. The highest BCUT2D eigenvalue weighted by Crippen LogP contribution is 2.04. The predicted octanol–water partition coefficient (Wildman–Crippen LogP) is 0.660. The van der Waals surface area contributed by atoms with Crippen molar-refractivity contribution in [3.63, 3.8) is 0 Å². The molecule has 0 amide bonds. The fourth-order valence-electron chi connectivity index (χ4n) is 1.02. The third-order valence-corrected chi connectivity index (χ3v) is 1.62. The molecule has 1 saturated heterocycles. The van der Waals surface area contributed by atoms with Gasteiger partial charge in [-0.05, 0) is 12.8 Å². The number of hydrogen-bond acceptors (Lipinski definition) is 3. The van der Waals surface area contributed by atoms with Gasteiger partial charge in [0.05, 0.1) is 13.2 Å². The second-order valence-corrected chi connectivity index (χ2v) is 2.46. The zero-order chi connectivity index (χ0) is 7.23. The number of rotatable bonds is 3. The van der Waals surface area contributed by atoms with E-state index in [-0.39, 0.29) is 0 Å². The van der Waals surface area contributed by atoms with E-state index in [1.807, 2.05) is 5.06 Å². The molecule has 0 aliphatic carbocycles. The fourth-order valence-corrected chi connectivity index (χ4v) is 1.02. The van der Waals surface area contributed by atoms with E-state index in [9.17, 15) is 0 Å². The van der Waals surface area contributed by atoms with Crippen LogP contribution in [0.2, 0.25) is 0 Å². The molecule has 3 heteroatoms. The van der Waals surface area contributed by atoms with Gasteiger partial charge in [-0.25, -0.2) is 0 Å². The van der Waals surface area contributed by atoms with Crippen LogP contribution in [0.3, 0.4) is 0 Å². The zero-order valence-corrected chi connectivity index (χ0v) is 6.51. The van der Waals surface area contributed by atoms with E-state index in [0.717, 1.165) is 26.3 Å². The van der Waals surface area contributed by atoms with Crippen molar-refractivity contribution in [2.24, 2.45) is 0 Å². The molecule has 3 nitrogen and oxygen atoms in total. The summed E-state index contributed by atoms with van der Waals surface area (Å²) in [7, 11) is 1.71. The van der Waals surface area contributed by atoms with Crippen molar-refractivity contribution >= 4 is 0 Å². The first-order valence-corrected chi connectivity index (χ1v) is 3.80. The van der Waals surface area contributed by atoms with Crippen molar-refractivity contribution in [1.82, 2.24) is 5.06 Å². The summed E-state index contributed by atoms with van der Waals surface area (Å²) in [4.78, 5) is 5.33. The Kier molecular flexibility index (Phi) is 3.72. The number of hydroxylamine groups is 2. The summed E-state index contributed by atoms with van der Waals surface area (Å²) in [6.45, 7) is 3.60. The van der Waals surface area contributed by atoms with Crippen molar-refractivity contribution in [3.8, 4) is 0 Å². The van der Waals surface area contributed by atoms with E-state index in [2.05, 4.69) is 0 Å². The lowest BCUT2D eigenvalue weighted by Gasteiger charge is -2.25. The monoisotopic (exact) mass is 145 g/mol. The van der Waals surface area contributed by atoms with Gasteiger partial charge in [-0.3, -0.25) is 4.84 Å². The highest BCUT2D eigenvalue weighted by atomic mass is 16.7. The second-order valence-electron chi connectivity index (χ2n) is 2.46. The zero-order valence-electron chi connectivity index (χ0n) is 6.51. The standard InChI is InChI=1S/C7H15NO2/c1-9-7-5-8-4-2-3-6-10-8/h2-7H2,1H3. The molecule has 0 saturated carbocycles. The maximum absolute atomic E-state index is 5.33. The molecule has 60 valence electrons. The molecule has 1 aliphatic rings. The Labute approximate surface area is 61.9 Å². The molecule has 0 bridgehead atoms. The fraction of sp³-hybridized carbons (Fsp3) is 1.00. The maximum Gasteiger partial charge on any atom is 0.0685 e. The summed E-state index contributed by atoms with van der Waals surface area (Å²) in [5.41, 5.74) is 0. The van der Waals surface area contributed by atoms with Crippen LogP contribution >= 0.6 is 0 Å². The van der Waals surface area contributed by atoms with E-state index in [0.29, 0.717) is 0 Å². The number of hydrogen-bond donors (Lipinski definition) is 0. The molecule has 0 aromatic heterocycles. The van der Waals surface area contributed by atoms with E-state index >= 15 is 0 Å². The first-order valence-electron chi connectivity index (χ1n) is 3.80. The average molecular weight is 145 g/mol. The van der Waals surface area contributed by atoms with Crippen LogP contribution in [0.25, 0.3) is 0 Å². The van der Waals surface area contributed by atoms with Gasteiger partial charge in [0.15, 0.2) is 0 Å². The third kappa shape index (κ3) is 2.64. The smallest absolute Gasteiger partial charge is 0.0685 e. The summed E-state index contributed by atoms with van der Waals surface area (Å²) in [6, 6.07) is 0. The Morgan fingerprint density at radius 2 is 2.40 bits per heavy atom. The SMILES string of the molecule is COCCN1CCCCO1. The molecule has 0 atom stereocenters. The van der Waals surface area contributed by atoms with Crippen LogP contribution in [-0.2, 0) is 9.57 Å². The lowest BCUT2D eigenvalue weighted by atomic mass is 10.3. The Balaban J connectivity index is 2.02. The highest BCUT2D eigenvalue weighted by Gasteiger charge is 2.08. The van der Waals surface area contributed by atoms with Crippen LogP contribution in [-0.4, -0.2) is 38.5 Å². The predicted molar refractivity (Wildman–Crippen MR) is 38.6 cm³/mol. The van der Waals surface area contributed by atoms with Crippen LogP contribution in [0.4, 0.5) is 0 Å². The number of nitrogens with zero attached hydrogens (tertiary/aromatic N) is 1. The van der Waals surface area contributed by atoms with E-state index in [1.165, 1.54) is 12.8 Å². The minimum atomic E-state index is 0.764. The van der Waals surface area contributed by atoms with Gasteiger partial charge in [0, 0.05) is 20.2 Å². The largest absolute Gasteiger partial charge is 0.383 e. The minimum absolute atomic E-state index is 0.764. The molecular weight excluding hydrogens is 130 g/mol. The van der Waals surface area contributed by atoms with Gasteiger partial charge < -0.3 is 4.74 Å². The van der Waals surface area contributed by atoms with E-state index in [1.54, 1.807) is 7.11 Å². The minimum Gasteiger partial charge on any atom is -0.383 e. The quantitative estimate of drug-likeness (QED) is 0.582. The van der Waals surface area contributed by atoms with Crippen molar-refractivity contribution < 1.29 is 9.57 Å². The first kappa shape index (κ1) is 7.98. The molecule has 1 fully saturated rings. The van der Waals surface area contributed by atoms with Gasteiger partial charge in [-0.15, -0.1) is 0 Å². The Morgan fingerprint density at radius 1 is 1.50 bits per heavy atom. The van der Waals surface area contributed by atoms with Gasteiger partial charge in [0.1, 0.15) is 0 Å². The highest BCUT2D eigenvalue weighted by molar-refractivity contribution is 4.51. The summed E-state index contributed by atoms with van der Waals surface area (Å²) in [5.74, 6) is 0. The van der Waals surface area contributed by atoms with E-state index < -0.39 is 0 Å². The summed E-state index contributed by atoms with van der Waals surface area (Å²) < 4.78 is 4.92. The average Bonchev–Trinajstić information content (AvgIpc) is 2.03. The Morgan fingerprint density at radius 3 is 3.00 bits per heavy atom. The van der Waals surface area contributed by atoms with Crippen LogP contribution in [0.1, 0.15) is 12.8 Å². The molecule has 1 heterocycles. The molecule has 0 unspecified atom stereocenters. The van der Waals surface area contributed by atoms with Crippen LogP contribution in [0, 0.1) is 0 Å². The maximum atomic E-state index is 5.33. The molecule has 10 heavy (non-hydrogen) atoms. The van der Waals surface area contributed by atoms with Crippen LogP contribution in [0.15, 0.2) is 0 Å². The van der Waals surface area contributed by atoms with Gasteiger partial charge in [-0.2, -0.15) is 5.06 Å². The molecule has 0 aromatic carbocycles. The van der Waals surface area contributed by atoms with Crippen molar-refractivity contribution in [1.29, 1.82) is 0 Å². The van der Waals surface area contributed by atoms with Gasteiger partial charge >= 0.3 is 0 Å². The van der Waals surface area contributed by atoms with Crippen molar-refractivity contribution in [2.75, 3.05) is 33.4 Å². The summed E-state index contributed by atoms with van der Waals surface area (Å²) in [5, 5.41) is 1.98. The third-order valence-electron chi connectivity index (χ3n) is 1.62. The number of ether oxygens (including phenoxy) is 1. The first-order chi connectivity index (χ1) is 4.93. The lowest BCUT2D eigenvalue weighted by molar-refractivity contribution is -0.185. The lowest BCUT2D eigenvalue weighted by Crippen LogP contribution is -2.32. The number of methoxy groups -OCH3 is 1. The molecule has 0 radical (unpaired) electrons. The van der Waals surface area contributed by atoms with Gasteiger partial charge in [0.25, 0.3) is 0 Å². The van der Waals surface area contributed by atoms with Crippen molar-refractivity contribution in [2.45, 2.75) is 12.8 Å². The van der Waals surface area contributed by atoms with Gasteiger partial charge in [-0.1, -0.05) is 0 Å². The van der Waals surface area contributed by atoms with E-state index in [4.69, 9.17) is 9.57 Å². The molecule has 0 aromatic rings. The molecule has 0 spiro atoms. The van der Waals surface area contributed by atoms with Gasteiger partial charge in [0.2, 0.25) is 0 Å². The molecule has 1 aliphatic heterocycles.